The molecule has 0 saturated heterocycles. The van der Waals surface area contributed by atoms with Gasteiger partial charge in [-0.25, -0.2) is 0 Å². The van der Waals surface area contributed by atoms with Crippen molar-refractivity contribution in [3.8, 4) is 5.75 Å². The number of likely N-dealkylation sites (N-methyl/N-ethyl adjacent to an activating group) is 1. The molecule has 0 radical (unpaired) electrons. The molecule has 0 aliphatic heterocycles. The van der Waals surface area contributed by atoms with E-state index in [2.05, 4.69) is 6.92 Å². The van der Waals surface area contributed by atoms with Crippen LogP contribution in [0.4, 0.5) is 0 Å². The van der Waals surface area contributed by atoms with Crippen LogP contribution in [0.5, 0.6) is 5.75 Å². The molecule has 38 heavy (non-hydrogen) atoms. The molecule has 208 valence electrons. The van der Waals surface area contributed by atoms with Crippen molar-refractivity contribution in [2.75, 3.05) is 14.1 Å². The van der Waals surface area contributed by atoms with Crippen molar-refractivity contribution < 1.29 is 34.5 Å². The van der Waals surface area contributed by atoms with Crippen LogP contribution in [-0.2, 0) is 33.8 Å². The summed E-state index contributed by atoms with van der Waals surface area (Å²) >= 11 is 0. The first-order valence-electron chi connectivity index (χ1n) is 13.5. The smallest absolute Gasteiger partial charge is 0.230 e. The van der Waals surface area contributed by atoms with Crippen LogP contribution in [0.1, 0.15) is 66.1 Å². The van der Waals surface area contributed by atoms with Gasteiger partial charge in [0, 0.05) is 24.1 Å². The molecule has 4 rings (SSSR count). The third kappa shape index (κ3) is 4.18. The van der Waals surface area contributed by atoms with E-state index < -0.39 is 64.7 Å². The van der Waals surface area contributed by atoms with Crippen molar-refractivity contribution in [1.29, 1.82) is 0 Å². The van der Waals surface area contributed by atoms with Gasteiger partial charge in [-0.05, 0) is 56.8 Å². The molecule has 0 bridgehead atoms. The number of phenols is 1. The van der Waals surface area contributed by atoms with E-state index in [9.17, 15) is 34.5 Å². The lowest BCUT2D eigenvalue weighted by atomic mass is 9.52. The molecule has 2 saturated carbocycles. The Bertz CT molecular complexity index is 1170. The minimum absolute atomic E-state index is 0.00356. The molecule has 3 aliphatic carbocycles. The zero-order chi connectivity index (χ0) is 28.1. The van der Waals surface area contributed by atoms with E-state index >= 15 is 0 Å². The van der Waals surface area contributed by atoms with Crippen molar-refractivity contribution in [3.63, 3.8) is 0 Å². The predicted octanol–water partition coefficient (Wildman–Crippen LogP) is 0.240. The summed E-state index contributed by atoms with van der Waals surface area (Å²) in [7, 11) is 3.25. The topological polar surface area (TPSA) is 184 Å². The molecule has 7 N–H and O–H groups in total. The first-order valence-corrected chi connectivity index (χ1v) is 13.5. The van der Waals surface area contributed by atoms with E-state index in [-0.39, 0.29) is 24.3 Å². The molecule has 10 nitrogen and oxygen atoms in total. The highest BCUT2D eigenvalue weighted by Gasteiger charge is 2.69. The van der Waals surface area contributed by atoms with Gasteiger partial charge in [0.1, 0.15) is 11.7 Å². The van der Waals surface area contributed by atoms with Crippen LogP contribution in [-0.4, -0.2) is 75.3 Å². The number of hydrogen-bond acceptors (Lipinski definition) is 9. The number of aliphatic hydroxyl groups is 2. The van der Waals surface area contributed by atoms with Gasteiger partial charge in [0.15, 0.2) is 23.0 Å². The third-order valence-electron chi connectivity index (χ3n) is 8.98. The minimum Gasteiger partial charge on any atom is -0.507 e. The van der Waals surface area contributed by atoms with Crippen LogP contribution in [0.3, 0.4) is 0 Å². The number of aromatic hydroxyl groups is 1. The Balaban J connectivity index is 1.82. The summed E-state index contributed by atoms with van der Waals surface area (Å²) in [5, 5.41) is 33.7. The number of primary amides is 1. The predicted molar refractivity (Wildman–Crippen MR) is 138 cm³/mol. The summed E-state index contributed by atoms with van der Waals surface area (Å²) in [4.78, 5) is 55.0. The maximum atomic E-state index is 13.9. The Hall–Kier alpha value is -2.66. The number of rotatable bonds is 8. The summed E-state index contributed by atoms with van der Waals surface area (Å²) in [5.74, 6) is -8.96. The molecule has 3 aliphatic rings. The summed E-state index contributed by atoms with van der Waals surface area (Å²) in [6.45, 7) is 2.12. The average Bonchev–Trinajstić information content (AvgIpc) is 2.84. The lowest BCUT2D eigenvalue weighted by Crippen LogP contribution is -2.75. The Morgan fingerprint density at radius 2 is 1.82 bits per heavy atom. The SMILES string of the molecule is CCCCCCc1cc(CN)c(O)c2c1C[C@@H]1C[C@@H]3[C@@H](N(C)C)C(O)C(C(N)=O)C(=O)[C@]3(O)C(=O)C1C2=O. The lowest BCUT2D eigenvalue weighted by molar-refractivity contribution is -0.190. The van der Waals surface area contributed by atoms with E-state index in [4.69, 9.17) is 11.5 Å². The van der Waals surface area contributed by atoms with Crippen molar-refractivity contribution >= 4 is 23.3 Å². The summed E-state index contributed by atoms with van der Waals surface area (Å²) in [6, 6.07) is 0.918. The number of aryl methyl sites for hydroxylation is 1. The Morgan fingerprint density at radius 3 is 2.39 bits per heavy atom. The van der Waals surface area contributed by atoms with Gasteiger partial charge in [0.05, 0.1) is 17.6 Å². The van der Waals surface area contributed by atoms with Gasteiger partial charge in [0.25, 0.3) is 0 Å². The molecule has 0 heterocycles. The highest BCUT2D eigenvalue weighted by molar-refractivity contribution is 6.25. The molecule has 7 atom stereocenters. The lowest BCUT2D eigenvalue weighted by Gasteiger charge is -2.55. The third-order valence-corrected chi connectivity index (χ3v) is 8.98. The number of unbranched alkanes of at least 4 members (excludes halogenated alkanes) is 3. The van der Waals surface area contributed by atoms with Crippen LogP contribution in [0.2, 0.25) is 0 Å². The fourth-order valence-electron chi connectivity index (χ4n) is 7.15. The molecular formula is C28H39N3O7. The van der Waals surface area contributed by atoms with Crippen molar-refractivity contribution in [2.24, 2.45) is 35.1 Å². The largest absolute Gasteiger partial charge is 0.507 e. The number of Topliss-reactive ketones (excluding diaryl/α,β-unsaturated/α-hetero) is 3. The van der Waals surface area contributed by atoms with E-state index in [1.165, 1.54) is 0 Å². The monoisotopic (exact) mass is 529 g/mol. The fourth-order valence-corrected chi connectivity index (χ4v) is 7.15. The highest BCUT2D eigenvalue weighted by Crippen LogP contribution is 2.52. The number of aliphatic hydroxyl groups excluding tert-OH is 1. The molecule has 2 fully saturated rings. The van der Waals surface area contributed by atoms with Crippen LogP contribution in [0, 0.1) is 23.7 Å². The second-order valence-electron chi connectivity index (χ2n) is 11.4. The molecule has 1 amide bonds. The van der Waals surface area contributed by atoms with E-state index in [0.717, 1.165) is 31.2 Å². The number of amides is 1. The molecule has 10 heteroatoms. The number of carbonyl (C=O) groups is 4. The minimum atomic E-state index is -2.66. The van der Waals surface area contributed by atoms with Crippen LogP contribution in [0.25, 0.3) is 0 Å². The molecule has 1 aromatic carbocycles. The zero-order valence-electron chi connectivity index (χ0n) is 22.3. The maximum Gasteiger partial charge on any atom is 0.230 e. The fraction of sp³-hybridized carbons (Fsp3) is 0.643. The number of ketones is 3. The summed E-state index contributed by atoms with van der Waals surface area (Å²) in [6.07, 6.45) is 3.65. The second-order valence-corrected chi connectivity index (χ2v) is 11.4. The van der Waals surface area contributed by atoms with Gasteiger partial charge in [-0.3, -0.25) is 19.2 Å². The van der Waals surface area contributed by atoms with Gasteiger partial charge in [0.2, 0.25) is 5.91 Å². The van der Waals surface area contributed by atoms with Crippen molar-refractivity contribution in [3.05, 3.63) is 28.3 Å². The van der Waals surface area contributed by atoms with Gasteiger partial charge >= 0.3 is 0 Å². The molecular weight excluding hydrogens is 490 g/mol. The Kier molecular flexibility index (Phi) is 7.82. The maximum absolute atomic E-state index is 13.9. The number of fused-ring (bicyclic) bond motifs is 3. The van der Waals surface area contributed by atoms with Crippen LogP contribution >= 0.6 is 0 Å². The van der Waals surface area contributed by atoms with Gasteiger partial charge in [-0.15, -0.1) is 0 Å². The quantitative estimate of drug-likeness (QED) is 0.232. The average molecular weight is 530 g/mol. The molecule has 1 aromatic rings. The first kappa shape index (κ1) is 28.4. The van der Waals surface area contributed by atoms with Gasteiger partial charge in [-0.1, -0.05) is 32.3 Å². The number of nitrogens with zero attached hydrogens (tertiary/aromatic N) is 1. The standard InChI is InChI=1S/C28H39N3O7/c1-4-5-6-7-8-13-9-15(12-29)22(32)19-16(13)10-14-11-17-21(31(2)3)24(34)20(27(30)37)26(36)28(17,38)25(35)18(14)23(19)33/h9,14,17-18,20-21,24,32,34,38H,4-8,10-12,29H2,1-3H3,(H2,30,37)/t14-,17-,18?,20?,21-,24?,28-/m1/s1. The second kappa shape index (κ2) is 10.5. The summed E-state index contributed by atoms with van der Waals surface area (Å²) in [5.41, 5.74) is 10.6. The van der Waals surface area contributed by atoms with Crippen LogP contribution < -0.4 is 11.5 Å². The van der Waals surface area contributed by atoms with Crippen molar-refractivity contribution in [1.82, 2.24) is 4.90 Å². The number of phenolic OH excluding ortho intramolecular Hbond substituents is 1. The first-order chi connectivity index (χ1) is 17.9. The van der Waals surface area contributed by atoms with E-state index in [0.29, 0.717) is 24.0 Å². The Morgan fingerprint density at radius 1 is 1.13 bits per heavy atom. The summed E-state index contributed by atoms with van der Waals surface area (Å²) < 4.78 is 0. The number of carbonyl (C=O) groups excluding carboxylic acids is 4. The Labute approximate surface area is 222 Å². The number of nitrogens with two attached hydrogens (primary N) is 2. The van der Waals surface area contributed by atoms with Crippen molar-refractivity contribution in [2.45, 2.75) is 76.2 Å². The zero-order valence-corrected chi connectivity index (χ0v) is 22.3. The normalized spacial score (nSPS) is 32.7. The molecule has 3 unspecified atom stereocenters. The van der Waals surface area contributed by atoms with Gasteiger partial charge < -0.3 is 31.7 Å². The molecule has 0 spiro atoms. The van der Waals surface area contributed by atoms with E-state index in [1.54, 1.807) is 19.0 Å². The van der Waals surface area contributed by atoms with Gasteiger partial charge in [-0.2, -0.15) is 0 Å². The van der Waals surface area contributed by atoms with Crippen LogP contribution in [0.15, 0.2) is 6.07 Å². The highest BCUT2D eigenvalue weighted by atomic mass is 16.3. The molecule has 0 aromatic heterocycles. The number of benzene rings is 1. The number of hydrogen-bond donors (Lipinski definition) is 5. The van der Waals surface area contributed by atoms with E-state index in [1.807, 2.05) is 6.07 Å².